The van der Waals surface area contributed by atoms with Crippen molar-refractivity contribution in [2.24, 2.45) is 0 Å². The van der Waals surface area contributed by atoms with Crippen molar-refractivity contribution in [3.05, 3.63) is 68.5 Å². The van der Waals surface area contributed by atoms with E-state index in [4.69, 9.17) is 0 Å². The van der Waals surface area contributed by atoms with Crippen LogP contribution in [0, 0.1) is 0 Å². The van der Waals surface area contributed by atoms with Gasteiger partial charge in [-0.2, -0.15) is 0 Å². The molecule has 2 aromatic rings. The third-order valence-corrected chi connectivity index (χ3v) is 2.89. The molecule has 0 saturated heterocycles. The van der Waals surface area contributed by atoms with Gasteiger partial charge < -0.3 is 4.98 Å². The molecular weight excluding hydrogens is 228 g/mol. The summed E-state index contributed by atoms with van der Waals surface area (Å²) in [7, 11) is 0. The van der Waals surface area contributed by atoms with Crippen LogP contribution in [0.4, 0.5) is 0 Å². The fraction of sp³-hybridized carbons (Fsp3) is 0.286. The topological polar surface area (TPSA) is 54.9 Å². The Morgan fingerprint density at radius 3 is 2.44 bits per heavy atom. The van der Waals surface area contributed by atoms with Gasteiger partial charge in [-0.15, -0.1) is 0 Å². The summed E-state index contributed by atoms with van der Waals surface area (Å²) in [6, 6.07) is 9.48. The highest BCUT2D eigenvalue weighted by atomic mass is 16.2. The molecule has 1 aromatic heterocycles. The quantitative estimate of drug-likeness (QED) is 0.893. The lowest BCUT2D eigenvalue weighted by atomic mass is 10.1. The highest BCUT2D eigenvalue weighted by Crippen LogP contribution is 2.06. The van der Waals surface area contributed by atoms with Gasteiger partial charge in [-0.05, 0) is 11.5 Å². The molecule has 0 amide bonds. The van der Waals surface area contributed by atoms with Crippen molar-refractivity contribution >= 4 is 0 Å². The van der Waals surface area contributed by atoms with Gasteiger partial charge in [-0.3, -0.25) is 9.36 Å². The molecule has 0 bridgehead atoms. The van der Waals surface area contributed by atoms with E-state index < -0.39 is 0 Å². The molecule has 1 N–H and O–H groups in total. The lowest BCUT2D eigenvalue weighted by Gasteiger charge is -2.09. The summed E-state index contributed by atoms with van der Waals surface area (Å²) in [5.41, 5.74) is 0.988. The molecular formula is C14H16N2O2. The number of benzene rings is 1. The lowest BCUT2D eigenvalue weighted by Crippen LogP contribution is -2.37. The van der Waals surface area contributed by atoms with Crippen LogP contribution in [0.15, 0.2) is 46.1 Å². The van der Waals surface area contributed by atoms with E-state index in [1.807, 2.05) is 44.2 Å². The number of nitrogens with one attached hydrogen (secondary N) is 1. The standard InChI is InChI=1S/C14H16N2O2/c1-10(2)12-8-15-14(18)16(13(12)17)9-11-6-4-3-5-7-11/h3-8,10H,9H2,1-2H3,(H,15,18). The Hall–Kier alpha value is -2.10. The van der Waals surface area contributed by atoms with Crippen LogP contribution in [-0.4, -0.2) is 9.55 Å². The monoisotopic (exact) mass is 244 g/mol. The molecule has 1 aromatic carbocycles. The molecule has 2 rings (SSSR count). The van der Waals surface area contributed by atoms with E-state index in [9.17, 15) is 9.59 Å². The number of nitrogens with zero attached hydrogens (tertiary/aromatic N) is 1. The Morgan fingerprint density at radius 2 is 1.83 bits per heavy atom. The Bertz CT molecular complexity index is 639. The Labute approximate surface area is 105 Å². The van der Waals surface area contributed by atoms with E-state index in [1.54, 1.807) is 0 Å². The number of aromatic nitrogens is 2. The first-order valence-corrected chi connectivity index (χ1v) is 5.96. The zero-order valence-corrected chi connectivity index (χ0v) is 10.5. The minimum absolute atomic E-state index is 0.0939. The van der Waals surface area contributed by atoms with Gasteiger partial charge >= 0.3 is 5.69 Å². The average Bonchev–Trinajstić information content (AvgIpc) is 2.35. The zero-order chi connectivity index (χ0) is 13.1. The molecule has 0 spiro atoms. The van der Waals surface area contributed by atoms with E-state index in [2.05, 4.69) is 4.98 Å². The number of hydrogen-bond acceptors (Lipinski definition) is 2. The summed E-state index contributed by atoms with van der Waals surface area (Å²) >= 11 is 0. The molecule has 0 aliphatic carbocycles. The van der Waals surface area contributed by atoms with Gasteiger partial charge in [0.2, 0.25) is 0 Å². The molecule has 0 unspecified atom stereocenters. The van der Waals surface area contributed by atoms with Gasteiger partial charge in [0.05, 0.1) is 6.54 Å². The molecule has 18 heavy (non-hydrogen) atoms. The number of H-pyrrole nitrogens is 1. The number of rotatable bonds is 3. The first kappa shape index (κ1) is 12.4. The van der Waals surface area contributed by atoms with Crippen molar-refractivity contribution in [3.63, 3.8) is 0 Å². The summed E-state index contributed by atoms with van der Waals surface area (Å²) in [6.45, 7) is 4.17. The second-order valence-corrected chi connectivity index (χ2v) is 4.58. The van der Waals surface area contributed by atoms with E-state index in [0.29, 0.717) is 12.1 Å². The van der Waals surface area contributed by atoms with Crippen molar-refractivity contribution in [1.29, 1.82) is 0 Å². The predicted octanol–water partition coefficient (Wildman–Crippen LogP) is 1.71. The van der Waals surface area contributed by atoms with Crippen LogP contribution in [0.5, 0.6) is 0 Å². The summed E-state index contributed by atoms with van der Waals surface area (Å²) in [6.07, 6.45) is 1.51. The first-order chi connectivity index (χ1) is 8.59. The molecule has 0 saturated carbocycles. The van der Waals surface area contributed by atoms with Gasteiger partial charge in [0, 0.05) is 11.8 Å². The van der Waals surface area contributed by atoms with Crippen molar-refractivity contribution in [1.82, 2.24) is 9.55 Å². The fourth-order valence-electron chi connectivity index (χ4n) is 1.85. The predicted molar refractivity (Wildman–Crippen MR) is 71.0 cm³/mol. The molecule has 4 heteroatoms. The van der Waals surface area contributed by atoms with Crippen molar-refractivity contribution in [2.45, 2.75) is 26.3 Å². The maximum absolute atomic E-state index is 12.2. The minimum Gasteiger partial charge on any atom is -0.314 e. The van der Waals surface area contributed by atoms with Gasteiger partial charge in [-0.1, -0.05) is 44.2 Å². The average molecular weight is 244 g/mol. The summed E-state index contributed by atoms with van der Waals surface area (Å²) in [5, 5.41) is 0. The van der Waals surface area contributed by atoms with Crippen molar-refractivity contribution in [2.75, 3.05) is 0 Å². The fourth-order valence-corrected chi connectivity index (χ4v) is 1.85. The second kappa shape index (κ2) is 5.04. The molecule has 0 aliphatic rings. The van der Waals surface area contributed by atoms with Crippen LogP contribution in [0.2, 0.25) is 0 Å². The smallest absolute Gasteiger partial charge is 0.314 e. The van der Waals surface area contributed by atoms with E-state index in [-0.39, 0.29) is 17.2 Å². The van der Waals surface area contributed by atoms with Gasteiger partial charge in [0.25, 0.3) is 5.56 Å². The third kappa shape index (κ3) is 2.42. The summed E-state index contributed by atoms with van der Waals surface area (Å²) in [5.74, 6) is 0.0939. The number of hydrogen-bond donors (Lipinski definition) is 1. The molecule has 0 aliphatic heterocycles. The van der Waals surface area contributed by atoms with Gasteiger partial charge in [0.15, 0.2) is 0 Å². The van der Waals surface area contributed by atoms with Crippen LogP contribution < -0.4 is 11.2 Å². The molecule has 94 valence electrons. The maximum Gasteiger partial charge on any atom is 0.328 e. The van der Waals surface area contributed by atoms with Crippen molar-refractivity contribution < 1.29 is 0 Å². The highest BCUT2D eigenvalue weighted by molar-refractivity contribution is 5.16. The highest BCUT2D eigenvalue weighted by Gasteiger charge is 2.10. The molecule has 1 heterocycles. The Kier molecular flexibility index (Phi) is 3.46. The van der Waals surface area contributed by atoms with Crippen LogP contribution in [0.1, 0.15) is 30.9 Å². The summed E-state index contributed by atoms with van der Waals surface area (Å²) < 4.78 is 1.24. The Balaban J connectivity index is 2.48. The Morgan fingerprint density at radius 1 is 1.17 bits per heavy atom. The van der Waals surface area contributed by atoms with Crippen molar-refractivity contribution in [3.8, 4) is 0 Å². The summed E-state index contributed by atoms with van der Waals surface area (Å²) in [4.78, 5) is 26.5. The third-order valence-electron chi connectivity index (χ3n) is 2.89. The van der Waals surface area contributed by atoms with Gasteiger partial charge in [0.1, 0.15) is 0 Å². The van der Waals surface area contributed by atoms with E-state index in [1.165, 1.54) is 10.8 Å². The molecule has 0 radical (unpaired) electrons. The van der Waals surface area contributed by atoms with E-state index in [0.717, 1.165) is 5.56 Å². The minimum atomic E-state index is -0.367. The van der Waals surface area contributed by atoms with Crippen LogP contribution in [-0.2, 0) is 6.54 Å². The molecule has 0 atom stereocenters. The maximum atomic E-state index is 12.2. The normalized spacial score (nSPS) is 10.8. The first-order valence-electron chi connectivity index (χ1n) is 5.96. The van der Waals surface area contributed by atoms with Gasteiger partial charge in [-0.25, -0.2) is 4.79 Å². The second-order valence-electron chi connectivity index (χ2n) is 4.58. The van der Waals surface area contributed by atoms with E-state index >= 15 is 0 Å². The largest absolute Gasteiger partial charge is 0.328 e. The molecule has 0 fully saturated rings. The lowest BCUT2D eigenvalue weighted by molar-refractivity contribution is 0.670. The van der Waals surface area contributed by atoms with Crippen LogP contribution in [0.25, 0.3) is 0 Å². The number of aromatic amines is 1. The molecule has 4 nitrogen and oxygen atoms in total. The SMILES string of the molecule is CC(C)c1c[nH]c(=O)n(Cc2ccccc2)c1=O. The zero-order valence-electron chi connectivity index (χ0n) is 10.5. The van der Waals surface area contributed by atoms with Crippen LogP contribution in [0.3, 0.4) is 0 Å². The van der Waals surface area contributed by atoms with Crippen LogP contribution >= 0.6 is 0 Å².